The minimum absolute atomic E-state index is 0.111. The largest absolute Gasteiger partial charge is 0.480 e. The van der Waals surface area contributed by atoms with E-state index in [1.54, 1.807) is 36.4 Å². The number of rotatable bonds is 8. The monoisotopic (exact) mass is 345 g/mol. The minimum Gasteiger partial charge on any atom is -0.480 e. The number of carboxylic acid groups (broad SMARTS) is 1. The van der Waals surface area contributed by atoms with Crippen molar-refractivity contribution < 1.29 is 19.4 Å². The molecule has 0 spiro atoms. The van der Waals surface area contributed by atoms with Crippen LogP contribution in [0.4, 0.5) is 0 Å². The van der Waals surface area contributed by atoms with Gasteiger partial charge in [0.05, 0.1) is 6.16 Å². The molecular formula is C18H20NO4P. The van der Waals surface area contributed by atoms with Gasteiger partial charge in [-0.05, 0) is 17.5 Å². The molecule has 0 saturated carbocycles. The molecule has 3 N–H and O–H groups in total. The number of hydrogen-bond donors (Lipinski definition) is 3. The maximum atomic E-state index is 12.3. The lowest BCUT2D eigenvalue weighted by Crippen LogP contribution is -2.34. The third-order valence-electron chi connectivity index (χ3n) is 3.38. The van der Waals surface area contributed by atoms with Crippen molar-refractivity contribution in [1.29, 1.82) is 0 Å². The van der Waals surface area contributed by atoms with Crippen LogP contribution in [0.25, 0.3) is 6.08 Å². The van der Waals surface area contributed by atoms with Gasteiger partial charge in [0.15, 0.2) is 0 Å². The lowest BCUT2D eigenvalue weighted by atomic mass is 10.1. The lowest BCUT2D eigenvalue weighted by Gasteiger charge is -2.18. The second-order valence-electron chi connectivity index (χ2n) is 5.41. The molecule has 0 saturated heterocycles. The molecule has 0 radical (unpaired) electrons. The van der Waals surface area contributed by atoms with Gasteiger partial charge in [0.25, 0.3) is 7.52 Å². The Bertz CT molecular complexity index is 731. The van der Waals surface area contributed by atoms with E-state index >= 15 is 0 Å². The predicted molar refractivity (Wildman–Crippen MR) is 94.6 cm³/mol. The van der Waals surface area contributed by atoms with E-state index in [0.717, 1.165) is 5.56 Å². The molecule has 0 heterocycles. The summed E-state index contributed by atoms with van der Waals surface area (Å²) in [6.45, 7) is 0. The summed E-state index contributed by atoms with van der Waals surface area (Å²) in [7, 11) is -3.80. The predicted octanol–water partition coefficient (Wildman–Crippen LogP) is 3.52. The molecular weight excluding hydrogens is 325 g/mol. The summed E-state index contributed by atoms with van der Waals surface area (Å²) in [5.74, 6) is -1.16. The zero-order chi connectivity index (χ0) is 17.4. The molecule has 2 aromatic carbocycles. The third-order valence-corrected chi connectivity index (χ3v) is 4.89. The van der Waals surface area contributed by atoms with Crippen molar-refractivity contribution in [3.05, 3.63) is 77.9 Å². The summed E-state index contributed by atoms with van der Waals surface area (Å²) in [5, 5.41) is 11.7. The van der Waals surface area contributed by atoms with E-state index in [9.17, 15) is 19.4 Å². The van der Waals surface area contributed by atoms with Crippen LogP contribution in [-0.4, -0.2) is 22.0 Å². The maximum absolute atomic E-state index is 12.3. The first-order valence-corrected chi connectivity index (χ1v) is 9.39. The summed E-state index contributed by atoms with van der Waals surface area (Å²) in [5.41, 5.74) is 1.62. The van der Waals surface area contributed by atoms with E-state index in [0.29, 0.717) is 5.56 Å². The van der Waals surface area contributed by atoms with Crippen LogP contribution in [0.2, 0.25) is 0 Å². The van der Waals surface area contributed by atoms with Gasteiger partial charge in [0, 0.05) is 0 Å². The third kappa shape index (κ3) is 6.13. The molecule has 5 nitrogen and oxygen atoms in total. The molecule has 0 fully saturated rings. The Morgan fingerprint density at radius 1 is 1.08 bits per heavy atom. The molecule has 2 aromatic rings. The molecule has 0 aromatic heterocycles. The maximum Gasteiger partial charge on any atom is 0.321 e. The molecule has 2 atom stereocenters. The van der Waals surface area contributed by atoms with Crippen LogP contribution in [-0.2, 0) is 15.5 Å². The summed E-state index contributed by atoms with van der Waals surface area (Å²) in [4.78, 5) is 21.4. The van der Waals surface area contributed by atoms with Gasteiger partial charge in [-0.1, -0.05) is 72.8 Å². The van der Waals surface area contributed by atoms with Crippen molar-refractivity contribution in [2.24, 2.45) is 0 Å². The van der Waals surface area contributed by atoms with E-state index < -0.39 is 19.5 Å². The highest BCUT2D eigenvalue weighted by Crippen LogP contribution is 2.40. The Balaban J connectivity index is 1.98. The summed E-state index contributed by atoms with van der Waals surface area (Å²) < 4.78 is 12.3. The molecule has 2 unspecified atom stereocenters. The molecule has 0 amide bonds. The smallest absolute Gasteiger partial charge is 0.321 e. The van der Waals surface area contributed by atoms with Crippen molar-refractivity contribution in [2.45, 2.75) is 18.6 Å². The molecule has 0 aliphatic rings. The van der Waals surface area contributed by atoms with Crippen molar-refractivity contribution in [3.8, 4) is 0 Å². The normalized spacial score (nSPS) is 15.0. The fraction of sp³-hybridized carbons (Fsp3) is 0.167. The number of nitrogens with one attached hydrogen (secondary N) is 1. The van der Waals surface area contributed by atoms with Gasteiger partial charge in [-0.3, -0.25) is 9.36 Å². The first kappa shape index (κ1) is 18.1. The average molecular weight is 345 g/mol. The Hall–Kier alpha value is -2.20. The Labute approximate surface area is 141 Å². The van der Waals surface area contributed by atoms with Crippen LogP contribution in [0.5, 0.6) is 0 Å². The number of aliphatic carboxylic acids is 1. The average Bonchev–Trinajstić information content (AvgIpc) is 2.55. The quantitative estimate of drug-likeness (QED) is 0.637. The van der Waals surface area contributed by atoms with Crippen LogP contribution >= 0.6 is 7.52 Å². The van der Waals surface area contributed by atoms with Crippen LogP contribution in [0, 0.1) is 0 Å². The Kier molecular flexibility index (Phi) is 6.50. The van der Waals surface area contributed by atoms with E-state index in [1.807, 2.05) is 36.4 Å². The highest BCUT2D eigenvalue weighted by Gasteiger charge is 2.27. The van der Waals surface area contributed by atoms with Crippen molar-refractivity contribution in [2.75, 3.05) is 0 Å². The SMILES string of the molecule is O=C(O)C(CC=Cc1ccccc1)NP(=O)(O)Cc1ccccc1. The summed E-state index contributed by atoms with van der Waals surface area (Å²) in [6.07, 6.45) is 3.48. The highest BCUT2D eigenvalue weighted by atomic mass is 31.2. The summed E-state index contributed by atoms with van der Waals surface area (Å²) >= 11 is 0. The number of hydrogen-bond acceptors (Lipinski definition) is 2. The van der Waals surface area contributed by atoms with Gasteiger partial charge >= 0.3 is 5.97 Å². The van der Waals surface area contributed by atoms with Crippen LogP contribution in [0.1, 0.15) is 17.5 Å². The van der Waals surface area contributed by atoms with Crippen LogP contribution in [0.3, 0.4) is 0 Å². The first-order valence-electron chi connectivity index (χ1n) is 7.54. The van der Waals surface area contributed by atoms with Gasteiger partial charge in [-0.2, -0.15) is 0 Å². The van der Waals surface area contributed by atoms with Crippen LogP contribution < -0.4 is 5.09 Å². The van der Waals surface area contributed by atoms with Gasteiger partial charge in [0.1, 0.15) is 6.04 Å². The number of benzene rings is 2. The lowest BCUT2D eigenvalue weighted by molar-refractivity contribution is -0.138. The van der Waals surface area contributed by atoms with Gasteiger partial charge in [0.2, 0.25) is 0 Å². The molecule has 2 rings (SSSR count). The molecule has 24 heavy (non-hydrogen) atoms. The van der Waals surface area contributed by atoms with E-state index in [1.165, 1.54) is 0 Å². The highest BCUT2D eigenvalue weighted by molar-refractivity contribution is 7.55. The van der Waals surface area contributed by atoms with Gasteiger partial charge < -0.3 is 10.00 Å². The van der Waals surface area contributed by atoms with E-state index in [4.69, 9.17) is 0 Å². The zero-order valence-electron chi connectivity index (χ0n) is 13.1. The van der Waals surface area contributed by atoms with Crippen molar-refractivity contribution in [1.82, 2.24) is 5.09 Å². The van der Waals surface area contributed by atoms with E-state index in [-0.39, 0.29) is 12.6 Å². The topological polar surface area (TPSA) is 86.6 Å². The number of carboxylic acids is 1. The second-order valence-corrected chi connectivity index (χ2v) is 7.39. The van der Waals surface area contributed by atoms with E-state index in [2.05, 4.69) is 5.09 Å². The Morgan fingerprint density at radius 3 is 2.25 bits per heavy atom. The van der Waals surface area contributed by atoms with Crippen molar-refractivity contribution >= 4 is 19.6 Å². The Morgan fingerprint density at radius 2 is 1.67 bits per heavy atom. The molecule has 126 valence electrons. The fourth-order valence-electron chi connectivity index (χ4n) is 2.23. The standard InChI is InChI=1S/C18H20NO4P/c20-18(21)17(13-7-12-15-8-3-1-4-9-15)19-24(22,23)14-16-10-5-2-6-11-16/h1-12,17H,13-14H2,(H,20,21)(H2,19,22,23). The fourth-order valence-corrected chi connectivity index (χ4v) is 3.73. The van der Waals surface area contributed by atoms with Crippen molar-refractivity contribution in [3.63, 3.8) is 0 Å². The summed E-state index contributed by atoms with van der Waals surface area (Å²) in [6, 6.07) is 17.1. The first-order chi connectivity index (χ1) is 11.5. The molecule has 6 heteroatoms. The molecule has 0 bridgehead atoms. The van der Waals surface area contributed by atoms with Crippen LogP contribution in [0.15, 0.2) is 66.7 Å². The molecule has 0 aliphatic carbocycles. The van der Waals surface area contributed by atoms with Gasteiger partial charge in [-0.15, -0.1) is 0 Å². The number of carbonyl (C=O) groups is 1. The molecule has 0 aliphatic heterocycles. The second kappa shape index (κ2) is 8.60. The van der Waals surface area contributed by atoms with Gasteiger partial charge in [-0.25, -0.2) is 5.09 Å². The minimum atomic E-state index is -3.80. The zero-order valence-corrected chi connectivity index (χ0v) is 14.0.